The summed E-state index contributed by atoms with van der Waals surface area (Å²) in [7, 11) is -9.85. The molecule has 0 N–H and O–H groups in total. The molecule has 9 heteroatoms. The highest BCUT2D eigenvalue weighted by molar-refractivity contribution is 6.90. The van der Waals surface area contributed by atoms with Crippen LogP contribution in [-0.2, 0) is 16.5 Å². The summed E-state index contributed by atoms with van der Waals surface area (Å²) >= 11 is 0. The highest BCUT2D eigenvalue weighted by Crippen LogP contribution is 2.28. The van der Waals surface area contributed by atoms with Gasteiger partial charge in [-0.3, -0.25) is 0 Å². The maximum absolute atomic E-state index is 6.54. The maximum Gasteiger partial charge on any atom is 0.317 e. The highest BCUT2D eigenvalue weighted by Gasteiger charge is 2.46. The first-order valence-electron chi connectivity index (χ1n) is 8.19. The van der Waals surface area contributed by atoms with Crippen LogP contribution in [0, 0.1) is 0 Å². The van der Waals surface area contributed by atoms with Crippen LogP contribution in [-0.4, -0.2) is 42.3 Å². The van der Waals surface area contributed by atoms with Crippen LogP contribution in [0.2, 0.25) is 78.1 Å². The third-order valence-electron chi connectivity index (χ3n) is 2.67. The van der Waals surface area contributed by atoms with Crippen molar-refractivity contribution in [3.05, 3.63) is 0 Å². The van der Waals surface area contributed by atoms with Crippen molar-refractivity contribution >= 4 is 42.3 Å². The Balaban J connectivity index is -0.000000147. The van der Waals surface area contributed by atoms with Crippen molar-refractivity contribution in [3.8, 4) is 0 Å². The van der Waals surface area contributed by atoms with E-state index in [1.54, 1.807) is 0 Å². The molecule has 0 aromatic rings. The predicted octanol–water partition coefficient (Wildman–Crippen LogP) is 9.03. The molecule has 0 heterocycles. The van der Waals surface area contributed by atoms with E-state index in [9.17, 15) is 0 Å². The minimum absolute atomic E-state index is 0. The van der Waals surface area contributed by atoms with Crippen molar-refractivity contribution in [2.75, 3.05) is 0 Å². The molecule has 28 heavy (non-hydrogen) atoms. The molecule has 0 saturated heterocycles. The van der Waals surface area contributed by atoms with Crippen LogP contribution in [0.4, 0.5) is 0 Å². The molecule has 0 aromatic heterocycles. The average Bonchev–Trinajstić information content (AvgIpc) is 2.05. The van der Waals surface area contributed by atoms with Crippen LogP contribution >= 0.6 is 0 Å². The SMILES string of the molecule is C.C.C.C.C.C.CC[Si](C)(O[Si](C)(C)O[Si](C)(C)C)O[Si](C)(C)O[Si](C)(C)C. The smallest absolute Gasteiger partial charge is 0.317 e. The molecule has 0 fully saturated rings. The molecule has 0 aliphatic carbocycles. The zero-order valence-corrected chi connectivity index (χ0v) is 21.8. The van der Waals surface area contributed by atoms with Crippen molar-refractivity contribution in [3.63, 3.8) is 0 Å². The monoisotopic (exact) mass is 494 g/mol. The molecule has 0 spiro atoms. The maximum atomic E-state index is 6.54. The Kier molecular flexibility index (Phi) is 26.3. The van der Waals surface area contributed by atoms with Crippen molar-refractivity contribution in [2.24, 2.45) is 0 Å². The second-order valence-electron chi connectivity index (χ2n) is 8.92. The first-order valence-corrected chi connectivity index (χ1v) is 23.2. The Bertz CT molecular complexity index is 334. The minimum atomic E-state index is -2.28. The molecule has 0 radical (unpaired) electrons. The van der Waals surface area contributed by atoms with E-state index in [1.807, 2.05) is 0 Å². The first-order chi connectivity index (χ1) is 9.39. The molecular weight excluding hydrogens is 433 g/mol. The lowest BCUT2D eigenvalue weighted by molar-refractivity contribution is 0.294. The van der Waals surface area contributed by atoms with Gasteiger partial charge in [0, 0.05) is 0 Å². The third kappa shape index (κ3) is 23.2. The van der Waals surface area contributed by atoms with Gasteiger partial charge in [0.1, 0.15) is 0 Å². The largest absolute Gasteiger partial charge is 0.437 e. The summed E-state index contributed by atoms with van der Waals surface area (Å²) in [6.07, 6.45) is 0. The van der Waals surface area contributed by atoms with Gasteiger partial charge in [0.2, 0.25) is 0 Å². The highest BCUT2D eigenvalue weighted by atomic mass is 28.5. The van der Waals surface area contributed by atoms with E-state index < -0.39 is 42.3 Å². The Morgan fingerprint density at radius 1 is 0.429 bits per heavy atom. The molecule has 0 unspecified atom stereocenters. The van der Waals surface area contributed by atoms with Crippen LogP contribution in [0.25, 0.3) is 0 Å². The number of rotatable bonds is 9. The van der Waals surface area contributed by atoms with E-state index in [1.165, 1.54) is 0 Å². The van der Waals surface area contributed by atoms with E-state index in [2.05, 4.69) is 78.9 Å². The van der Waals surface area contributed by atoms with Gasteiger partial charge in [0.25, 0.3) is 0 Å². The molecule has 0 saturated carbocycles. The Morgan fingerprint density at radius 2 is 0.643 bits per heavy atom. The summed E-state index contributed by atoms with van der Waals surface area (Å²) in [4.78, 5) is 0. The van der Waals surface area contributed by atoms with Gasteiger partial charge in [-0.1, -0.05) is 51.5 Å². The second-order valence-corrected chi connectivity index (χ2v) is 29.2. The van der Waals surface area contributed by atoms with Crippen LogP contribution in [0.3, 0.4) is 0 Å². The topological polar surface area (TPSA) is 36.9 Å². The summed E-state index contributed by atoms with van der Waals surface area (Å²) in [5.74, 6) is 0. The van der Waals surface area contributed by atoms with Gasteiger partial charge in [-0.15, -0.1) is 0 Å². The van der Waals surface area contributed by atoms with Gasteiger partial charge < -0.3 is 16.5 Å². The quantitative estimate of drug-likeness (QED) is 0.299. The summed E-state index contributed by atoms with van der Waals surface area (Å²) < 4.78 is 25.7. The molecular formula is C19H62O4Si5. The molecule has 0 aromatic carbocycles. The Morgan fingerprint density at radius 3 is 0.786 bits per heavy atom. The summed E-state index contributed by atoms with van der Waals surface area (Å²) in [6, 6.07) is 0.921. The van der Waals surface area contributed by atoms with Gasteiger partial charge >= 0.3 is 25.7 Å². The van der Waals surface area contributed by atoms with Crippen molar-refractivity contribution in [1.29, 1.82) is 0 Å². The lowest BCUT2D eigenvalue weighted by atomic mass is 11.0. The Hall–Kier alpha value is 0.924. The van der Waals surface area contributed by atoms with E-state index in [-0.39, 0.29) is 44.6 Å². The average molecular weight is 495 g/mol. The van der Waals surface area contributed by atoms with Crippen molar-refractivity contribution in [1.82, 2.24) is 0 Å². The molecule has 0 aliphatic heterocycles. The second kappa shape index (κ2) is 15.7. The Labute approximate surface area is 188 Å². The van der Waals surface area contributed by atoms with Gasteiger partial charge in [0.15, 0.2) is 16.6 Å². The molecule has 4 nitrogen and oxygen atoms in total. The van der Waals surface area contributed by atoms with Crippen LogP contribution in [0.1, 0.15) is 51.5 Å². The van der Waals surface area contributed by atoms with Gasteiger partial charge in [-0.25, -0.2) is 0 Å². The van der Waals surface area contributed by atoms with Gasteiger partial charge in [0.05, 0.1) is 0 Å². The summed E-state index contributed by atoms with van der Waals surface area (Å²) in [6.45, 7) is 26.2. The fourth-order valence-electron chi connectivity index (χ4n) is 2.72. The lowest BCUT2D eigenvalue weighted by Gasteiger charge is -2.42. The summed E-state index contributed by atoms with van der Waals surface area (Å²) in [5.41, 5.74) is 0. The lowest BCUT2D eigenvalue weighted by Crippen LogP contribution is -2.59. The van der Waals surface area contributed by atoms with Crippen molar-refractivity contribution < 1.29 is 16.5 Å². The predicted molar refractivity (Wildman–Crippen MR) is 148 cm³/mol. The molecule has 0 bridgehead atoms. The molecule has 0 atom stereocenters. The molecule has 0 rings (SSSR count). The summed E-state index contributed by atoms with van der Waals surface area (Å²) in [5, 5.41) is 0. The molecule has 0 aliphatic rings. The zero-order valence-electron chi connectivity index (χ0n) is 16.8. The van der Waals surface area contributed by atoms with Crippen LogP contribution < -0.4 is 0 Å². The fourth-order valence-corrected chi connectivity index (χ4v) is 25.6. The van der Waals surface area contributed by atoms with Gasteiger partial charge in [-0.2, -0.15) is 0 Å². The third-order valence-corrected chi connectivity index (χ3v) is 20.2. The zero-order chi connectivity index (χ0) is 18.0. The van der Waals surface area contributed by atoms with Crippen LogP contribution in [0.5, 0.6) is 0 Å². The van der Waals surface area contributed by atoms with E-state index in [0.29, 0.717) is 0 Å². The molecule has 182 valence electrons. The first kappa shape index (κ1) is 46.9. The van der Waals surface area contributed by atoms with Crippen LogP contribution in [0.15, 0.2) is 0 Å². The van der Waals surface area contributed by atoms with E-state index in [4.69, 9.17) is 16.5 Å². The standard InChI is InChI=1S/C13H38O4Si5.6CH4/c1-13-22(12,16-20(8,9)14-18(2,3)4)17-21(10,11)15-19(5,6)7;;;;;;/h13H2,1-12H3;6*1H4. The molecule has 0 amide bonds. The number of hydrogen-bond acceptors (Lipinski definition) is 4. The fraction of sp³-hybridized carbons (Fsp3) is 1.00. The van der Waals surface area contributed by atoms with Crippen molar-refractivity contribution in [2.45, 2.75) is 130 Å². The van der Waals surface area contributed by atoms with Gasteiger partial charge in [-0.05, 0) is 78.1 Å². The van der Waals surface area contributed by atoms with E-state index >= 15 is 0 Å². The minimum Gasteiger partial charge on any atom is -0.437 e. The van der Waals surface area contributed by atoms with E-state index in [0.717, 1.165) is 6.04 Å². The normalized spacial score (nSPS) is 12.0. The number of hydrogen-bond donors (Lipinski definition) is 0.